The molecule has 1 aromatic heterocycles. The summed E-state index contributed by atoms with van der Waals surface area (Å²) < 4.78 is 5.52. The van der Waals surface area contributed by atoms with Gasteiger partial charge < -0.3 is 15.6 Å². The van der Waals surface area contributed by atoms with E-state index < -0.39 is 5.97 Å². The summed E-state index contributed by atoms with van der Waals surface area (Å²) in [6, 6.07) is 4.48. The molecule has 0 amide bonds. The Morgan fingerprint density at radius 2 is 2.21 bits per heavy atom. The zero-order valence-electron chi connectivity index (χ0n) is 10.6. The monoisotopic (exact) mass is 278 g/mol. The first-order chi connectivity index (χ1) is 8.97. The maximum absolute atomic E-state index is 11.1. The first kappa shape index (κ1) is 13.4. The van der Waals surface area contributed by atoms with Crippen molar-refractivity contribution in [3.8, 4) is 5.75 Å². The van der Waals surface area contributed by atoms with E-state index in [4.69, 9.17) is 15.6 Å². The van der Waals surface area contributed by atoms with Crippen LogP contribution in [0, 0.1) is 13.8 Å². The fourth-order valence-corrected chi connectivity index (χ4v) is 2.42. The van der Waals surface area contributed by atoms with Gasteiger partial charge in [0.15, 0.2) is 0 Å². The van der Waals surface area contributed by atoms with E-state index in [0.29, 0.717) is 5.69 Å². The Balaban J connectivity index is 2.19. The molecule has 100 valence electrons. The third kappa shape index (κ3) is 3.03. The molecule has 0 spiro atoms. The van der Waals surface area contributed by atoms with Crippen molar-refractivity contribution in [2.24, 2.45) is 0 Å². The van der Waals surface area contributed by atoms with Crippen LogP contribution < -0.4 is 10.5 Å². The zero-order valence-corrected chi connectivity index (χ0v) is 11.5. The number of aromatic nitrogens is 1. The number of aryl methyl sites for hydroxylation is 2. The number of ether oxygens (including phenoxy) is 1. The zero-order chi connectivity index (χ0) is 14.0. The van der Waals surface area contributed by atoms with Crippen LogP contribution in [0.4, 0.5) is 5.69 Å². The fourth-order valence-electron chi connectivity index (χ4n) is 1.58. The minimum absolute atomic E-state index is 0.0965. The summed E-state index contributed by atoms with van der Waals surface area (Å²) in [6.45, 7) is 4.15. The van der Waals surface area contributed by atoms with Gasteiger partial charge in [0, 0.05) is 16.6 Å². The second-order valence-electron chi connectivity index (χ2n) is 4.10. The largest absolute Gasteiger partial charge is 0.485 e. The van der Waals surface area contributed by atoms with Crippen molar-refractivity contribution in [1.29, 1.82) is 0 Å². The van der Waals surface area contributed by atoms with Crippen molar-refractivity contribution in [3.63, 3.8) is 0 Å². The number of benzene rings is 1. The van der Waals surface area contributed by atoms with Crippen LogP contribution in [0.15, 0.2) is 18.2 Å². The molecule has 0 aliphatic rings. The smallest absolute Gasteiger partial charge is 0.339 e. The second kappa shape index (κ2) is 5.27. The third-order valence-electron chi connectivity index (χ3n) is 2.66. The van der Waals surface area contributed by atoms with Gasteiger partial charge in [-0.2, -0.15) is 0 Å². The number of anilines is 1. The fraction of sp³-hybridized carbons (Fsp3) is 0.231. The summed E-state index contributed by atoms with van der Waals surface area (Å²) in [7, 11) is 0. The summed E-state index contributed by atoms with van der Waals surface area (Å²) in [4.78, 5) is 16.5. The van der Waals surface area contributed by atoms with Crippen molar-refractivity contribution in [3.05, 3.63) is 39.3 Å². The lowest BCUT2D eigenvalue weighted by Gasteiger charge is -2.08. The quantitative estimate of drug-likeness (QED) is 0.840. The Hall–Kier alpha value is -2.08. The molecule has 5 nitrogen and oxygen atoms in total. The molecule has 0 aliphatic carbocycles. The van der Waals surface area contributed by atoms with Crippen molar-refractivity contribution < 1.29 is 14.6 Å². The molecule has 19 heavy (non-hydrogen) atoms. The highest BCUT2D eigenvalue weighted by Gasteiger charge is 2.12. The van der Waals surface area contributed by atoms with Gasteiger partial charge in [0.25, 0.3) is 0 Å². The molecule has 2 aromatic rings. The standard InChI is InChI=1S/C13H14N2O3S/c1-7-8(2)19-12(15-7)6-18-11-5-9(14)3-4-10(11)13(16)17/h3-5H,6,14H2,1-2H3,(H,16,17). The number of hydrogen-bond acceptors (Lipinski definition) is 5. The molecule has 3 N–H and O–H groups in total. The number of carboxylic acids is 1. The van der Waals surface area contributed by atoms with Crippen molar-refractivity contribution in [1.82, 2.24) is 4.98 Å². The normalized spacial score (nSPS) is 10.4. The maximum atomic E-state index is 11.1. The SMILES string of the molecule is Cc1nc(COc2cc(N)ccc2C(=O)O)sc1C. The Bertz CT molecular complexity index is 603. The van der Waals surface area contributed by atoms with Gasteiger partial charge in [0.1, 0.15) is 22.9 Å². The highest BCUT2D eigenvalue weighted by molar-refractivity contribution is 7.11. The molecule has 0 radical (unpaired) electrons. The van der Waals surface area contributed by atoms with Gasteiger partial charge in [0.2, 0.25) is 0 Å². The van der Waals surface area contributed by atoms with E-state index in [9.17, 15) is 4.79 Å². The summed E-state index contributed by atoms with van der Waals surface area (Å²) in [5.74, 6) is -0.778. The van der Waals surface area contributed by atoms with E-state index in [-0.39, 0.29) is 17.9 Å². The van der Waals surface area contributed by atoms with E-state index in [0.717, 1.165) is 15.6 Å². The van der Waals surface area contributed by atoms with E-state index in [1.54, 1.807) is 0 Å². The molecule has 0 bridgehead atoms. The Morgan fingerprint density at radius 3 is 2.79 bits per heavy atom. The first-order valence-corrected chi connectivity index (χ1v) is 6.47. The van der Waals surface area contributed by atoms with Gasteiger partial charge >= 0.3 is 5.97 Å². The molecule has 1 aromatic carbocycles. The predicted molar refractivity (Wildman–Crippen MR) is 73.7 cm³/mol. The van der Waals surface area contributed by atoms with Crippen LogP contribution in [0.25, 0.3) is 0 Å². The topological polar surface area (TPSA) is 85.4 Å². The molecule has 6 heteroatoms. The summed E-state index contributed by atoms with van der Waals surface area (Å²) in [5.41, 5.74) is 7.17. The summed E-state index contributed by atoms with van der Waals surface area (Å²) in [5, 5.41) is 9.88. The maximum Gasteiger partial charge on any atom is 0.339 e. The first-order valence-electron chi connectivity index (χ1n) is 5.66. The van der Waals surface area contributed by atoms with Crippen LogP contribution in [0.2, 0.25) is 0 Å². The van der Waals surface area contributed by atoms with Gasteiger partial charge in [-0.25, -0.2) is 9.78 Å². The van der Waals surface area contributed by atoms with E-state index in [1.807, 2.05) is 13.8 Å². The number of hydrogen-bond donors (Lipinski definition) is 2. The van der Waals surface area contributed by atoms with Gasteiger partial charge in [0.05, 0.1) is 5.69 Å². The molecule has 0 aliphatic heterocycles. The number of nitrogen functional groups attached to an aromatic ring is 1. The summed E-state index contributed by atoms with van der Waals surface area (Å²) >= 11 is 1.54. The number of carboxylic acid groups (broad SMARTS) is 1. The van der Waals surface area contributed by atoms with E-state index in [1.165, 1.54) is 29.5 Å². The van der Waals surface area contributed by atoms with E-state index >= 15 is 0 Å². The Labute approximate surface area is 114 Å². The van der Waals surface area contributed by atoms with E-state index in [2.05, 4.69) is 4.98 Å². The third-order valence-corrected chi connectivity index (χ3v) is 3.71. The number of aromatic carboxylic acids is 1. The highest BCUT2D eigenvalue weighted by Crippen LogP contribution is 2.24. The molecule has 0 fully saturated rings. The van der Waals surface area contributed by atoms with Crippen molar-refractivity contribution in [2.75, 3.05) is 5.73 Å². The number of nitrogens with two attached hydrogens (primary N) is 1. The lowest BCUT2D eigenvalue weighted by atomic mass is 10.2. The molecule has 1 heterocycles. The Kier molecular flexibility index (Phi) is 3.71. The molecule has 0 atom stereocenters. The molecule has 0 saturated heterocycles. The number of thiazole rings is 1. The lowest BCUT2D eigenvalue weighted by Crippen LogP contribution is -2.04. The number of nitrogens with zero attached hydrogens (tertiary/aromatic N) is 1. The lowest BCUT2D eigenvalue weighted by molar-refractivity contribution is 0.0692. The van der Waals surface area contributed by atoms with Gasteiger partial charge in [-0.15, -0.1) is 11.3 Å². The number of carbonyl (C=O) groups is 1. The molecule has 2 rings (SSSR count). The van der Waals surface area contributed by atoms with Gasteiger partial charge in [-0.1, -0.05) is 0 Å². The van der Waals surface area contributed by atoms with Gasteiger partial charge in [-0.3, -0.25) is 0 Å². The second-order valence-corrected chi connectivity index (χ2v) is 5.39. The molecular formula is C13H14N2O3S. The molecular weight excluding hydrogens is 264 g/mol. The number of rotatable bonds is 4. The van der Waals surface area contributed by atoms with Crippen LogP contribution in [-0.4, -0.2) is 16.1 Å². The van der Waals surface area contributed by atoms with Crippen molar-refractivity contribution >= 4 is 23.0 Å². The van der Waals surface area contributed by atoms with Crippen molar-refractivity contribution in [2.45, 2.75) is 20.5 Å². The van der Waals surface area contributed by atoms with Crippen LogP contribution in [-0.2, 0) is 6.61 Å². The van der Waals surface area contributed by atoms with Crippen LogP contribution in [0.3, 0.4) is 0 Å². The minimum atomic E-state index is -1.04. The molecule has 0 saturated carbocycles. The van der Waals surface area contributed by atoms with Crippen LogP contribution in [0.5, 0.6) is 5.75 Å². The average molecular weight is 278 g/mol. The highest BCUT2D eigenvalue weighted by atomic mass is 32.1. The average Bonchev–Trinajstić information content (AvgIpc) is 2.66. The van der Waals surface area contributed by atoms with Crippen LogP contribution in [0.1, 0.15) is 25.9 Å². The Morgan fingerprint density at radius 1 is 1.47 bits per heavy atom. The van der Waals surface area contributed by atoms with Gasteiger partial charge in [-0.05, 0) is 26.0 Å². The molecule has 0 unspecified atom stereocenters. The summed E-state index contributed by atoms with van der Waals surface area (Å²) in [6.07, 6.45) is 0. The minimum Gasteiger partial charge on any atom is -0.485 e. The van der Waals surface area contributed by atoms with Crippen LogP contribution >= 0.6 is 11.3 Å². The predicted octanol–water partition coefficient (Wildman–Crippen LogP) is 2.62.